The van der Waals surface area contributed by atoms with Crippen LogP contribution in [0.3, 0.4) is 0 Å². The lowest BCUT2D eigenvalue weighted by Crippen LogP contribution is -2.49. The Hall–Kier alpha value is -2.69. The molecular formula is C14H26N6O5. The van der Waals surface area contributed by atoms with E-state index in [2.05, 4.69) is 21.3 Å². The highest BCUT2D eigenvalue weighted by Gasteiger charge is 2.21. The van der Waals surface area contributed by atoms with Gasteiger partial charge in [-0.2, -0.15) is 0 Å². The number of hydrogen-bond donors (Lipinski definition) is 7. The highest BCUT2D eigenvalue weighted by molar-refractivity contribution is 5.92. The van der Waals surface area contributed by atoms with E-state index in [0.717, 1.165) is 0 Å². The smallest absolute Gasteiger partial charge is 0.305 e. The number of nitrogens with one attached hydrogen (secondary N) is 5. The van der Waals surface area contributed by atoms with Crippen LogP contribution < -0.4 is 27.0 Å². The minimum absolute atomic E-state index is 0.150. The second-order valence-corrected chi connectivity index (χ2v) is 5.37. The number of nitrogens with two attached hydrogens (primary N) is 1. The number of Topliss-reactive ketones (excluding diaryl/α,β-unsaturated/α-hetero) is 1. The van der Waals surface area contributed by atoms with E-state index in [0.29, 0.717) is 19.4 Å². The summed E-state index contributed by atoms with van der Waals surface area (Å²) in [7, 11) is 1.60. The molecule has 0 saturated carbocycles. The zero-order valence-electron chi connectivity index (χ0n) is 14.3. The molecule has 0 rings (SSSR count). The first-order chi connectivity index (χ1) is 11.7. The van der Waals surface area contributed by atoms with Gasteiger partial charge in [0.2, 0.25) is 11.8 Å². The van der Waals surface area contributed by atoms with Gasteiger partial charge in [0.1, 0.15) is 0 Å². The number of guanidine groups is 1. The summed E-state index contributed by atoms with van der Waals surface area (Å²) in [4.78, 5) is 45.7. The Kier molecular flexibility index (Phi) is 10.5. The van der Waals surface area contributed by atoms with Crippen LogP contribution in [0.5, 0.6) is 0 Å². The molecule has 8 N–H and O–H groups in total. The van der Waals surface area contributed by atoms with Crippen LogP contribution >= 0.6 is 0 Å². The topological polar surface area (TPSA) is 186 Å². The lowest BCUT2D eigenvalue weighted by atomic mass is 10.1. The van der Waals surface area contributed by atoms with E-state index in [-0.39, 0.29) is 12.5 Å². The number of ketones is 1. The van der Waals surface area contributed by atoms with Crippen molar-refractivity contribution in [3.05, 3.63) is 0 Å². The lowest BCUT2D eigenvalue weighted by Gasteiger charge is -2.17. The molecule has 11 nitrogen and oxygen atoms in total. The molecular weight excluding hydrogens is 332 g/mol. The molecule has 0 aromatic carbocycles. The van der Waals surface area contributed by atoms with Gasteiger partial charge in [-0.25, -0.2) is 0 Å². The standard InChI is InChI=1S/C14H26N6O5/c1-8(21)10(6-12(23)24)20-11(22)7-19-13(25)9(17-2)4-3-5-18-14(15)16/h9-10,17H,3-7H2,1-2H3,(H,19,25)(H,20,22)(H,23,24)(H4,15,16,18). The summed E-state index contributed by atoms with van der Waals surface area (Å²) in [5, 5.41) is 25.8. The Bertz CT molecular complexity index is 510. The summed E-state index contributed by atoms with van der Waals surface area (Å²) in [6.45, 7) is 1.25. The van der Waals surface area contributed by atoms with Crippen molar-refractivity contribution < 1.29 is 24.3 Å². The summed E-state index contributed by atoms with van der Waals surface area (Å²) in [5.74, 6) is -2.89. The molecule has 0 spiro atoms. The van der Waals surface area contributed by atoms with Crippen LogP contribution in [0.2, 0.25) is 0 Å². The fraction of sp³-hybridized carbons (Fsp3) is 0.643. The molecule has 0 aliphatic carbocycles. The van der Waals surface area contributed by atoms with E-state index >= 15 is 0 Å². The Labute approximate surface area is 145 Å². The van der Waals surface area contributed by atoms with E-state index < -0.39 is 42.1 Å². The number of carboxylic acids is 1. The maximum Gasteiger partial charge on any atom is 0.305 e. The predicted molar refractivity (Wildman–Crippen MR) is 89.9 cm³/mol. The van der Waals surface area contributed by atoms with Crippen LogP contribution in [0.25, 0.3) is 0 Å². The number of aliphatic carboxylic acids is 1. The first-order valence-corrected chi connectivity index (χ1v) is 7.71. The van der Waals surface area contributed by atoms with E-state index in [1.807, 2.05) is 0 Å². The third kappa shape index (κ3) is 10.7. The van der Waals surface area contributed by atoms with E-state index in [1.54, 1.807) is 7.05 Å². The average molecular weight is 358 g/mol. The number of carboxylic acid groups (broad SMARTS) is 1. The average Bonchev–Trinajstić information content (AvgIpc) is 2.51. The van der Waals surface area contributed by atoms with E-state index in [4.69, 9.17) is 16.2 Å². The van der Waals surface area contributed by atoms with Crippen LogP contribution in [0.4, 0.5) is 0 Å². The summed E-state index contributed by atoms with van der Waals surface area (Å²) in [5.41, 5.74) is 5.15. The molecule has 0 aromatic heterocycles. The number of carbonyl (C=O) groups is 4. The second-order valence-electron chi connectivity index (χ2n) is 5.37. The third-order valence-electron chi connectivity index (χ3n) is 3.28. The van der Waals surface area contributed by atoms with Crippen molar-refractivity contribution in [3.63, 3.8) is 0 Å². The predicted octanol–water partition coefficient (Wildman–Crippen LogP) is -2.50. The summed E-state index contributed by atoms with van der Waals surface area (Å²) in [6.07, 6.45) is 0.520. The van der Waals surface area contributed by atoms with Crippen molar-refractivity contribution >= 4 is 29.5 Å². The van der Waals surface area contributed by atoms with Crippen molar-refractivity contribution in [2.75, 3.05) is 20.1 Å². The summed E-state index contributed by atoms with van der Waals surface area (Å²) < 4.78 is 0. The molecule has 0 aromatic rings. The summed E-state index contributed by atoms with van der Waals surface area (Å²) in [6, 6.07) is -1.66. The SMILES string of the molecule is CNC(CCCNC(=N)N)C(=O)NCC(=O)NC(CC(=O)O)C(C)=O. The van der Waals surface area contributed by atoms with Crippen LogP contribution in [-0.2, 0) is 19.2 Å². The number of likely N-dealkylation sites (N-methyl/N-ethyl adjacent to an activating group) is 1. The molecule has 11 heteroatoms. The highest BCUT2D eigenvalue weighted by Crippen LogP contribution is 1.97. The van der Waals surface area contributed by atoms with Gasteiger partial charge in [0.05, 0.1) is 25.0 Å². The maximum absolute atomic E-state index is 12.0. The molecule has 2 unspecified atom stereocenters. The van der Waals surface area contributed by atoms with Gasteiger partial charge in [-0.3, -0.25) is 24.6 Å². The van der Waals surface area contributed by atoms with Crippen LogP contribution in [0, 0.1) is 5.41 Å². The molecule has 0 heterocycles. The minimum atomic E-state index is -1.21. The van der Waals surface area contributed by atoms with Gasteiger partial charge < -0.3 is 32.1 Å². The highest BCUT2D eigenvalue weighted by atomic mass is 16.4. The van der Waals surface area contributed by atoms with Crippen molar-refractivity contribution in [2.45, 2.75) is 38.3 Å². The molecule has 0 radical (unpaired) electrons. The van der Waals surface area contributed by atoms with Crippen molar-refractivity contribution in [3.8, 4) is 0 Å². The Morgan fingerprint density at radius 1 is 1.16 bits per heavy atom. The molecule has 142 valence electrons. The van der Waals surface area contributed by atoms with Gasteiger partial charge >= 0.3 is 5.97 Å². The number of amides is 2. The van der Waals surface area contributed by atoms with E-state index in [1.165, 1.54) is 6.92 Å². The number of hydrogen-bond acceptors (Lipinski definition) is 6. The minimum Gasteiger partial charge on any atom is -0.481 e. The lowest BCUT2D eigenvalue weighted by molar-refractivity contribution is -0.140. The first-order valence-electron chi connectivity index (χ1n) is 7.71. The quantitative estimate of drug-likeness (QED) is 0.113. The van der Waals surface area contributed by atoms with Gasteiger partial charge in [-0.05, 0) is 26.8 Å². The molecule has 0 aliphatic rings. The number of rotatable bonds is 12. The van der Waals surface area contributed by atoms with Crippen molar-refractivity contribution in [2.24, 2.45) is 5.73 Å². The maximum atomic E-state index is 12.0. The first kappa shape index (κ1) is 22.3. The van der Waals surface area contributed by atoms with E-state index in [9.17, 15) is 19.2 Å². The summed E-state index contributed by atoms with van der Waals surface area (Å²) >= 11 is 0. The largest absolute Gasteiger partial charge is 0.481 e. The van der Waals surface area contributed by atoms with Gasteiger partial charge in [-0.1, -0.05) is 0 Å². The fourth-order valence-electron chi connectivity index (χ4n) is 1.94. The third-order valence-corrected chi connectivity index (χ3v) is 3.28. The molecule has 0 bridgehead atoms. The monoisotopic (exact) mass is 358 g/mol. The zero-order valence-corrected chi connectivity index (χ0v) is 14.3. The van der Waals surface area contributed by atoms with Crippen molar-refractivity contribution in [1.29, 1.82) is 5.41 Å². The van der Waals surface area contributed by atoms with Crippen LogP contribution in [0.15, 0.2) is 0 Å². The van der Waals surface area contributed by atoms with Crippen molar-refractivity contribution in [1.82, 2.24) is 21.3 Å². The molecule has 2 atom stereocenters. The Morgan fingerprint density at radius 2 is 1.80 bits per heavy atom. The molecule has 0 aliphatic heterocycles. The molecule has 0 saturated heterocycles. The zero-order chi connectivity index (χ0) is 19.4. The van der Waals surface area contributed by atoms with Gasteiger partial charge in [0.15, 0.2) is 11.7 Å². The second kappa shape index (κ2) is 11.8. The van der Waals surface area contributed by atoms with Crippen LogP contribution in [-0.4, -0.2) is 66.9 Å². The normalized spacial score (nSPS) is 12.6. The van der Waals surface area contributed by atoms with Crippen LogP contribution in [0.1, 0.15) is 26.2 Å². The molecule has 0 fully saturated rings. The van der Waals surface area contributed by atoms with Gasteiger partial charge in [0.25, 0.3) is 0 Å². The molecule has 25 heavy (non-hydrogen) atoms. The Balaban J connectivity index is 4.30. The van der Waals surface area contributed by atoms with Gasteiger partial charge in [0, 0.05) is 6.54 Å². The molecule has 2 amide bonds. The fourth-order valence-corrected chi connectivity index (χ4v) is 1.94. The Morgan fingerprint density at radius 3 is 2.28 bits per heavy atom. The number of carbonyl (C=O) groups excluding carboxylic acids is 3. The van der Waals surface area contributed by atoms with Gasteiger partial charge in [-0.15, -0.1) is 0 Å².